The van der Waals surface area contributed by atoms with Crippen molar-refractivity contribution in [2.75, 3.05) is 0 Å². The molecule has 1 aromatic rings. The maximum absolute atomic E-state index is 10.6. The highest BCUT2D eigenvalue weighted by Crippen LogP contribution is 2.21. The van der Waals surface area contributed by atoms with Crippen LogP contribution in [0.25, 0.3) is 0 Å². The van der Waals surface area contributed by atoms with Crippen molar-refractivity contribution in [3.05, 3.63) is 33.3 Å². The third-order valence-electron chi connectivity index (χ3n) is 2.05. The summed E-state index contributed by atoms with van der Waals surface area (Å²) in [5, 5.41) is 0. The van der Waals surface area contributed by atoms with Crippen molar-refractivity contribution in [2.45, 2.75) is 27.4 Å². The average molecular weight is 257 g/mol. The van der Waals surface area contributed by atoms with Crippen LogP contribution in [0, 0.1) is 13.8 Å². The molecule has 76 valence electrons. The van der Waals surface area contributed by atoms with Gasteiger partial charge in [0.1, 0.15) is 6.61 Å². The molecule has 0 heterocycles. The second-order valence-corrected chi connectivity index (χ2v) is 4.16. The van der Waals surface area contributed by atoms with Crippen LogP contribution in [0.5, 0.6) is 0 Å². The minimum Gasteiger partial charge on any atom is -0.461 e. The van der Waals surface area contributed by atoms with E-state index in [0.717, 1.165) is 15.6 Å². The smallest absolute Gasteiger partial charge is 0.302 e. The molecule has 0 radical (unpaired) electrons. The van der Waals surface area contributed by atoms with Crippen molar-refractivity contribution in [1.82, 2.24) is 0 Å². The van der Waals surface area contributed by atoms with E-state index >= 15 is 0 Å². The first kappa shape index (κ1) is 11.2. The van der Waals surface area contributed by atoms with Gasteiger partial charge in [-0.15, -0.1) is 0 Å². The molecule has 0 spiro atoms. The van der Waals surface area contributed by atoms with Gasteiger partial charge in [-0.2, -0.15) is 0 Å². The molecule has 0 aromatic heterocycles. The van der Waals surface area contributed by atoms with Gasteiger partial charge in [0.2, 0.25) is 0 Å². The summed E-state index contributed by atoms with van der Waals surface area (Å²) < 4.78 is 5.99. The normalized spacial score (nSPS) is 10.0. The zero-order chi connectivity index (χ0) is 10.7. The molecule has 0 bridgehead atoms. The zero-order valence-corrected chi connectivity index (χ0v) is 10.1. The molecular weight excluding hydrogens is 244 g/mol. The number of aryl methyl sites for hydroxylation is 2. The van der Waals surface area contributed by atoms with Gasteiger partial charge in [0.15, 0.2) is 0 Å². The van der Waals surface area contributed by atoms with Gasteiger partial charge in [0.25, 0.3) is 0 Å². The van der Waals surface area contributed by atoms with E-state index in [2.05, 4.69) is 22.0 Å². The summed E-state index contributed by atoms with van der Waals surface area (Å²) >= 11 is 3.45. The molecule has 0 saturated carbocycles. The molecule has 0 saturated heterocycles. The number of carbonyl (C=O) groups is 1. The van der Waals surface area contributed by atoms with Gasteiger partial charge >= 0.3 is 5.97 Å². The predicted octanol–water partition coefficient (Wildman–Crippen LogP) is 3.13. The van der Waals surface area contributed by atoms with Crippen LogP contribution in [0.2, 0.25) is 0 Å². The number of benzene rings is 1. The molecule has 3 heteroatoms. The SMILES string of the molecule is CC(=O)OCc1cc(Br)c(C)cc1C. The Morgan fingerprint density at radius 1 is 1.36 bits per heavy atom. The average Bonchev–Trinajstić information content (AvgIpc) is 2.09. The summed E-state index contributed by atoms with van der Waals surface area (Å²) in [6.45, 7) is 5.81. The Morgan fingerprint density at radius 2 is 2.00 bits per heavy atom. The van der Waals surface area contributed by atoms with Gasteiger partial charge in [-0.25, -0.2) is 0 Å². The maximum Gasteiger partial charge on any atom is 0.302 e. The van der Waals surface area contributed by atoms with E-state index < -0.39 is 0 Å². The Hall–Kier alpha value is -0.830. The van der Waals surface area contributed by atoms with Gasteiger partial charge in [-0.3, -0.25) is 4.79 Å². The highest BCUT2D eigenvalue weighted by molar-refractivity contribution is 9.10. The number of esters is 1. The van der Waals surface area contributed by atoms with Crippen LogP contribution >= 0.6 is 15.9 Å². The summed E-state index contributed by atoms with van der Waals surface area (Å²) in [6.07, 6.45) is 0. The Bertz CT molecular complexity index is 359. The molecule has 0 aliphatic carbocycles. The highest BCUT2D eigenvalue weighted by atomic mass is 79.9. The van der Waals surface area contributed by atoms with E-state index in [9.17, 15) is 4.79 Å². The number of hydrogen-bond donors (Lipinski definition) is 0. The van der Waals surface area contributed by atoms with E-state index in [4.69, 9.17) is 4.74 Å². The molecule has 0 amide bonds. The van der Waals surface area contributed by atoms with Gasteiger partial charge in [0, 0.05) is 11.4 Å². The summed E-state index contributed by atoms with van der Waals surface area (Å²) in [7, 11) is 0. The molecule has 1 aromatic carbocycles. The van der Waals surface area contributed by atoms with Gasteiger partial charge in [-0.1, -0.05) is 22.0 Å². The Balaban J connectivity index is 2.87. The summed E-state index contributed by atoms with van der Waals surface area (Å²) in [6, 6.07) is 4.07. The van der Waals surface area contributed by atoms with Crippen LogP contribution in [0.1, 0.15) is 23.6 Å². The topological polar surface area (TPSA) is 26.3 Å². The predicted molar refractivity (Wildman–Crippen MR) is 59.1 cm³/mol. The minimum absolute atomic E-state index is 0.249. The van der Waals surface area contributed by atoms with Gasteiger partial charge in [-0.05, 0) is 36.6 Å². The van der Waals surface area contributed by atoms with Crippen molar-refractivity contribution in [3.63, 3.8) is 0 Å². The summed E-state index contributed by atoms with van der Waals surface area (Å²) in [5.41, 5.74) is 3.37. The quantitative estimate of drug-likeness (QED) is 0.761. The van der Waals surface area contributed by atoms with E-state index in [1.165, 1.54) is 12.5 Å². The van der Waals surface area contributed by atoms with E-state index in [-0.39, 0.29) is 5.97 Å². The van der Waals surface area contributed by atoms with Crippen LogP contribution < -0.4 is 0 Å². The van der Waals surface area contributed by atoms with Gasteiger partial charge in [0.05, 0.1) is 0 Å². The van der Waals surface area contributed by atoms with E-state index in [0.29, 0.717) is 6.61 Å². The largest absolute Gasteiger partial charge is 0.461 e. The molecule has 0 aliphatic heterocycles. The van der Waals surface area contributed by atoms with Crippen LogP contribution in [0.4, 0.5) is 0 Å². The lowest BCUT2D eigenvalue weighted by atomic mass is 10.1. The van der Waals surface area contributed by atoms with Crippen molar-refractivity contribution in [1.29, 1.82) is 0 Å². The molecule has 2 nitrogen and oxygen atoms in total. The summed E-state index contributed by atoms with van der Waals surface area (Å²) in [4.78, 5) is 10.6. The van der Waals surface area contributed by atoms with Crippen LogP contribution in [-0.4, -0.2) is 5.97 Å². The molecule has 0 unspecified atom stereocenters. The van der Waals surface area contributed by atoms with Crippen LogP contribution in [0.3, 0.4) is 0 Å². The number of carbonyl (C=O) groups excluding carboxylic acids is 1. The lowest BCUT2D eigenvalue weighted by Crippen LogP contribution is -2.00. The fourth-order valence-corrected chi connectivity index (χ4v) is 1.59. The standard InChI is InChI=1S/C11H13BrO2/c1-7-4-8(2)11(12)5-10(7)6-14-9(3)13/h4-5H,6H2,1-3H3. The fraction of sp³-hybridized carbons (Fsp3) is 0.364. The Kier molecular flexibility index (Phi) is 3.69. The van der Waals surface area contributed by atoms with Crippen molar-refractivity contribution in [3.8, 4) is 0 Å². The van der Waals surface area contributed by atoms with Crippen molar-refractivity contribution >= 4 is 21.9 Å². The first-order chi connectivity index (χ1) is 6.50. The third-order valence-corrected chi connectivity index (χ3v) is 2.90. The Labute approximate surface area is 92.4 Å². The molecular formula is C11H13BrO2. The highest BCUT2D eigenvalue weighted by Gasteiger charge is 2.04. The van der Waals surface area contributed by atoms with E-state index in [1.54, 1.807) is 0 Å². The van der Waals surface area contributed by atoms with Crippen LogP contribution in [-0.2, 0) is 16.1 Å². The number of halogens is 1. The molecule has 0 aliphatic rings. The third kappa shape index (κ3) is 2.84. The first-order valence-electron chi connectivity index (χ1n) is 4.39. The monoisotopic (exact) mass is 256 g/mol. The number of hydrogen-bond acceptors (Lipinski definition) is 2. The lowest BCUT2D eigenvalue weighted by molar-refractivity contribution is -0.142. The molecule has 0 N–H and O–H groups in total. The number of ether oxygens (including phenoxy) is 1. The van der Waals surface area contributed by atoms with Gasteiger partial charge < -0.3 is 4.74 Å². The molecule has 0 fully saturated rings. The maximum atomic E-state index is 10.6. The molecule has 14 heavy (non-hydrogen) atoms. The van der Waals surface area contributed by atoms with Crippen LogP contribution in [0.15, 0.2) is 16.6 Å². The first-order valence-corrected chi connectivity index (χ1v) is 5.19. The Morgan fingerprint density at radius 3 is 2.57 bits per heavy atom. The second-order valence-electron chi connectivity index (χ2n) is 3.31. The zero-order valence-electron chi connectivity index (χ0n) is 8.56. The fourth-order valence-electron chi connectivity index (χ4n) is 1.20. The van der Waals surface area contributed by atoms with E-state index in [1.807, 2.05) is 19.9 Å². The van der Waals surface area contributed by atoms with Crippen molar-refractivity contribution < 1.29 is 9.53 Å². The molecule has 1 rings (SSSR count). The lowest BCUT2D eigenvalue weighted by Gasteiger charge is -2.08. The summed E-state index contributed by atoms with van der Waals surface area (Å²) in [5.74, 6) is -0.249. The number of rotatable bonds is 2. The molecule has 0 atom stereocenters. The second kappa shape index (κ2) is 4.60. The minimum atomic E-state index is -0.249. The van der Waals surface area contributed by atoms with Crippen molar-refractivity contribution in [2.24, 2.45) is 0 Å².